The number of hydrogen-bond acceptors (Lipinski definition) is 3. The van der Waals surface area contributed by atoms with Gasteiger partial charge in [-0.05, 0) is 12.1 Å². The van der Waals surface area contributed by atoms with Crippen molar-refractivity contribution in [2.75, 3.05) is 13.1 Å². The molecule has 0 bridgehead atoms. The van der Waals surface area contributed by atoms with Crippen LogP contribution < -0.4 is 0 Å². The van der Waals surface area contributed by atoms with Crippen molar-refractivity contribution in [1.82, 2.24) is 9.88 Å². The minimum atomic E-state index is -0.889. The Hall–Kier alpha value is -2.09. The summed E-state index contributed by atoms with van der Waals surface area (Å²) in [5.41, 5.74) is 1.37. The fraction of sp³-hybridized carbons (Fsp3) is 0.300. The first kappa shape index (κ1) is 9.46. The number of amides is 1. The van der Waals surface area contributed by atoms with Crippen LogP contribution in [0.2, 0.25) is 0 Å². The van der Waals surface area contributed by atoms with Gasteiger partial charge >= 0.3 is 6.09 Å². The lowest BCUT2D eigenvalue weighted by Crippen LogP contribution is -2.48. The maximum Gasteiger partial charge on any atom is 0.407 e. The number of rotatable bonds is 1. The van der Waals surface area contributed by atoms with Gasteiger partial charge in [0.25, 0.3) is 0 Å². The van der Waals surface area contributed by atoms with E-state index in [1.807, 2.05) is 6.07 Å². The Labute approximate surface area is 86.6 Å². The molecular weight excluding hydrogens is 194 g/mol. The third-order valence-corrected chi connectivity index (χ3v) is 2.49. The van der Waals surface area contributed by atoms with Gasteiger partial charge in [-0.2, -0.15) is 5.26 Å². The van der Waals surface area contributed by atoms with Crippen molar-refractivity contribution in [2.24, 2.45) is 0 Å². The minimum Gasteiger partial charge on any atom is -0.465 e. The molecule has 1 N–H and O–H groups in total. The van der Waals surface area contributed by atoms with E-state index >= 15 is 0 Å². The van der Waals surface area contributed by atoms with Crippen LogP contribution in [0.15, 0.2) is 18.3 Å². The SMILES string of the molecule is N#Cc1ccc(C2CN(C(=O)O)C2)nc1. The second kappa shape index (κ2) is 3.58. The first-order valence-electron chi connectivity index (χ1n) is 4.54. The Morgan fingerprint density at radius 2 is 2.33 bits per heavy atom. The van der Waals surface area contributed by atoms with Crippen LogP contribution >= 0.6 is 0 Å². The Morgan fingerprint density at radius 1 is 1.60 bits per heavy atom. The van der Waals surface area contributed by atoms with Gasteiger partial charge in [-0.25, -0.2) is 4.79 Å². The van der Waals surface area contributed by atoms with Crippen molar-refractivity contribution in [1.29, 1.82) is 5.26 Å². The van der Waals surface area contributed by atoms with E-state index in [-0.39, 0.29) is 5.92 Å². The topological polar surface area (TPSA) is 77.2 Å². The smallest absolute Gasteiger partial charge is 0.407 e. The normalized spacial score (nSPS) is 15.5. The van der Waals surface area contributed by atoms with E-state index in [0.29, 0.717) is 18.7 Å². The molecule has 0 aromatic carbocycles. The molecule has 0 spiro atoms. The van der Waals surface area contributed by atoms with Crippen LogP contribution in [-0.4, -0.2) is 34.2 Å². The maximum atomic E-state index is 10.5. The molecule has 1 aliphatic rings. The number of likely N-dealkylation sites (tertiary alicyclic amines) is 1. The second-order valence-electron chi connectivity index (χ2n) is 3.47. The molecular formula is C10H9N3O2. The highest BCUT2D eigenvalue weighted by Crippen LogP contribution is 2.25. The highest BCUT2D eigenvalue weighted by Gasteiger charge is 2.32. The van der Waals surface area contributed by atoms with E-state index < -0.39 is 6.09 Å². The standard InChI is InChI=1S/C10H9N3O2/c11-3-7-1-2-9(12-4-7)8-5-13(6-8)10(14)15/h1-2,4,8H,5-6H2,(H,14,15). The van der Waals surface area contributed by atoms with Crippen molar-refractivity contribution in [3.05, 3.63) is 29.6 Å². The molecule has 1 aliphatic heterocycles. The summed E-state index contributed by atoms with van der Waals surface area (Å²) in [6.45, 7) is 0.989. The monoisotopic (exact) mass is 203 g/mol. The number of pyridine rings is 1. The van der Waals surface area contributed by atoms with E-state index in [9.17, 15) is 4.79 Å². The quantitative estimate of drug-likeness (QED) is 0.739. The van der Waals surface area contributed by atoms with Crippen LogP contribution in [0.1, 0.15) is 17.2 Å². The fourth-order valence-electron chi connectivity index (χ4n) is 1.53. The zero-order valence-corrected chi connectivity index (χ0v) is 7.92. The molecule has 1 saturated heterocycles. The minimum absolute atomic E-state index is 0.175. The van der Waals surface area contributed by atoms with Gasteiger partial charge in [0.1, 0.15) is 6.07 Å². The molecule has 0 aliphatic carbocycles. The summed E-state index contributed by atoms with van der Waals surface area (Å²) in [4.78, 5) is 16.0. The number of aromatic nitrogens is 1. The third-order valence-electron chi connectivity index (χ3n) is 2.49. The first-order valence-corrected chi connectivity index (χ1v) is 4.54. The molecule has 5 heteroatoms. The van der Waals surface area contributed by atoms with Gasteiger partial charge in [0, 0.05) is 30.9 Å². The number of carbonyl (C=O) groups is 1. The molecule has 1 aromatic rings. The molecule has 5 nitrogen and oxygen atoms in total. The average molecular weight is 203 g/mol. The third kappa shape index (κ3) is 1.74. The molecule has 76 valence electrons. The summed E-state index contributed by atoms with van der Waals surface area (Å²) in [6.07, 6.45) is 0.624. The van der Waals surface area contributed by atoms with Crippen LogP contribution in [0.3, 0.4) is 0 Å². The summed E-state index contributed by atoms with van der Waals surface area (Å²) in [5.74, 6) is 0.175. The summed E-state index contributed by atoms with van der Waals surface area (Å²) in [7, 11) is 0. The van der Waals surface area contributed by atoms with Gasteiger partial charge in [0.05, 0.1) is 5.56 Å². The fourth-order valence-corrected chi connectivity index (χ4v) is 1.53. The molecule has 0 saturated carbocycles. The van der Waals surface area contributed by atoms with E-state index in [1.165, 1.54) is 11.1 Å². The molecule has 2 heterocycles. The largest absolute Gasteiger partial charge is 0.465 e. The molecule has 1 aromatic heterocycles. The zero-order valence-electron chi connectivity index (χ0n) is 7.92. The Morgan fingerprint density at radius 3 is 2.80 bits per heavy atom. The van der Waals surface area contributed by atoms with Crippen molar-refractivity contribution >= 4 is 6.09 Å². The highest BCUT2D eigenvalue weighted by molar-refractivity contribution is 5.66. The molecule has 1 amide bonds. The lowest BCUT2D eigenvalue weighted by Gasteiger charge is -2.36. The Bertz CT molecular complexity index is 415. The van der Waals surface area contributed by atoms with E-state index in [1.54, 1.807) is 12.1 Å². The van der Waals surface area contributed by atoms with Gasteiger partial charge in [0.15, 0.2) is 0 Å². The molecule has 0 atom stereocenters. The summed E-state index contributed by atoms with van der Waals surface area (Å²) >= 11 is 0. The van der Waals surface area contributed by atoms with Gasteiger partial charge in [-0.15, -0.1) is 0 Å². The predicted molar refractivity (Wildman–Crippen MR) is 51.3 cm³/mol. The van der Waals surface area contributed by atoms with Crippen molar-refractivity contribution in [3.8, 4) is 6.07 Å². The van der Waals surface area contributed by atoms with Gasteiger partial charge in [0.2, 0.25) is 0 Å². The number of hydrogen-bond donors (Lipinski definition) is 1. The first-order chi connectivity index (χ1) is 7.20. The van der Waals surface area contributed by atoms with Crippen molar-refractivity contribution in [2.45, 2.75) is 5.92 Å². The summed E-state index contributed by atoms with van der Waals surface area (Å²) < 4.78 is 0. The lowest BCUT2D eigenvalue weighted by atomic mass is 9.96. The summed E-state index contributed by atoms with van der Waals surface area (Å²) in [5, 5.41) is 17.2. The van der Waals surface area contributed by atoms with Gasteiger partial charge in [-0.3, -0.25) is 4.98 Å². The van der Waals surface area contributed by atoms with E-state index in [0.717, 1.165) is 5.69 Å². The number of nitriles is 1. The molecule has 0 unspecified atom stereocenters. The highest BCUT2D eigenvalue weighted by atomic mass is 16.4. The van der Waals surface area contributed by atoms with Crippen LogP contribution in [0.4, 0.5) is 4.79 Å². The van der Waals surface area contributed by atoms with Gasteiger partial charge < -0.3 is 10.0 Å². The molecule has 1 fully saturated rings. The predicted octanol–water partition coefficient (Wildman–Crippen LogP) is 1.03. The van der Waals surface area contributed by atoms with Crippen LogP contribution in [-0.2, 0) is 0 Å². The van der Waals surface area contributed by atoms with Crippen LogP contribution in [0.25, 0.3) is 0 Å². The molecule has 0 radical (unpaired) electrons. The van der Waals surface area contributed by atoms with Crippen molar-refractivity contribution in [3.63, 3.8) is 0 Å². The lowest BCUT2D eigenvalue weighted by molar-refractivity contribution is 0.104. The Balaban J connectivity index is 2.02. The van der Waals surface area contributed by atoms with E-state index in [2.05, 4.69) is 4.98 Å². The average Bonchev–Trinajstić information content (AvgIpc) is 2.16. The summed E-state index contributed by atoms with van der Waals surface area (Å²) in [6, 6.07) is 5.47. The van der Waals surface area contributed by atoms with E-state index in [4.69, 9.17) is 10.4 Å². The number of carboxylic acid groups (broad SMARTS) is 1. The van der Waals surface area contributed by atoms with Crippen molar-refractivity contribution < 1.29 is 9.90 Å². The molecule has 15 heavy (non-hydrogen) atoms. The zero-order chi connectivity index (χ0) is 10.8. The number of nitrogens with zero attached hydrogens (tertiary/aromatic N) is 3. The molecule has 2 rings (SSSR count). The Kier molecular flexibility index (Phi) is 2.26. The maximum absolute atomic E-state index is 10.5. The van der Waals surface area contributed by atoms with Gasteiger partial charge in [-0.1, -0.05) is 0 Å². The second-order valence-corrected chi connectivity index (χ2v) is 3.47. The van der Waals surface area contributed by atoms with Crippen LogP contribution in [0.5, 0.6) is 0 Å². The van der Waals surface area contributed by atoms with Crippen LogP contribution in [0, 0.1) is 11.3 Å².